The predicted octanol–water partition coefficient (Wildman–Crippen LogP) is 1.43. The number of aliphatic hydroxyl groups excluding tert-OH is 1. The van der Waals surface area contributed by atoms with Gasteiger partial charge in [0, 0.05) is 11.2 Å². The molecule has 0 aromatic heterocycles. The fourth-order valence-corrected chi connectivity index (χ4v) is 1.79. The van der Waals surface area contributed by atoms with Gasteiger partial charge in [0.2, 0.25) is 0 Å². The molecule has 0 fully saturated rings. The maximum atomic E-state index is 11.2. The molecule has 16 heavy (non-hydrogen) atoms. The Morgan fingerprint density at radius 1 is 1.44 bits per heavy atom. The molecule has 0 unspecified atom stereocenters. The highest BCUT2D eigenvalue weighted by atomic mass is 32.2. The van der Waals surface area contributed by atoms with Crippen LogP contribution in [0.5, 0.6) is 0 Å². The van der Waals surface area contributed by atoms with Crippen LogP contribution in [0.2, 0.25) is 0 Å². The molecule has 86 valence electrons. The Balaban J connectivity index is 2.91. The monoisotopic (exact) mass is 241 g/mol. The van der Waals surface area contributed by atoms with Crippen LogP contribution in [0.4, 0.5) is 0 Å². The second-order valence-corrected chi connectivity index (χ2v) is 5.29. The zero-order valence-corrected chi connectivity index (χ0v) is 9.42. The van der Waals surface area contributed by atoms with Gasteiger partial charge in [0.1, 0.15) is 0 Å². The molecule has 1 N–H and O–H groups in total. The van der Waals surface area contributed by atoms with E-state index in [1.807, 2.05) is 0 Å². The fourth-order valence-electron chi connectivity index (χ4n) is 1.16. The molecule has 6 nitrogen and oxygen atoms in total. The van der Waals surface area contributed by atoms with Crippen molar-refractivity contribution in [1.29, 1.82) is 0 Å². The molecular formula is C9H11N3O3S. The zero-order valence-electron chi connectivity index (χ0n) is 8.61. The molecule has 0 saturated heterocycles. The largest absolute Gasteiger partial charge is 0.388 e. The van der Waals surface area contributed by atoms with E-state index in [9.17, 15) is 13.5 Å². The molecule has 1 rings (SSSR count). The van der Waals surface area contributed by atoms with E-state index in [4.69, 9.17) is 5.53 Å². The highest BCUT2D eigenvalue weighted by molar-refractivity contribution is 7.90. The quantitative estimate of drug-likeness (QED) is 0.490. The number of nitrogens with zero attached hydrogens (tertiary/aromatic N) is 3. The molecule has 0 spiro atoms. The van der Waals surface area contributed by atoms with Crippen molar-refractivity contribution in [2.45, 2.75) is 11.0 Å². The van der Waals surface area contributed by atoms with Crippen LogP contribution in [-0.2, 0) is 9.84 Å². The third kappa shape index (κ3) is 3.23. The van der Waals surface area contributed by atoms with E-state index in [2.05, 4.69) is 10.0 Å². The maximum absolute atomic E-state index is 11.2. The lowest BCUT2D eigenvalue weighted by molar-refractivity contribution is 0.186. The van der Waals surface area contributed by atoms with Gasteiger partial charge in [-0.2, -0.15) is 0 Å². The minimum Gasteiger partial charge on any atom is -0.388 e. The van der Waals surface area contributed by atoms with Gasteiger partial charge in [-0.25, -0.2) is 8.42 Å². The first-order valence-corrected chi connectivity index (χ1v) is 6.33. The summed E-state index contributed by atoms with van der Waals surface area (Å²) in [6.45, 7) is -0.0747. The Labute approximate surface area is 93.1 Å². The van der Waals surface area contributed by atoms with Crippen molar-refractivity contribution in [2.24, 2.45) is 5.11 Å². The Morgan fingerprint density at radius 3 is 2.44 bits per heavy atom. The summed E-state index contributed by atoms with van der Waals surface area (Å²) >= 11 is 0. The highest BCUT2D eigenvalue weighted by Gasteiger charge is 2.09. The number of rotatable bonds is 4. The first-order valence-electron chi connectivity index (χ1n) is 4.44. The van der Waals surface area contributed by atoms with Crippen LogP contribution in [-0.4, -0.2) is 26.3 Å². The van der Waals surface area contributed by atoms with Crippen molar-refractivity contribution in [1.82, 2.24) is 0 Å². The summed E-state index contributed by atoms with van der Waals surface area (Å²) in [6, 6.07) is 5.80. The molecule has 0 aliphatic carbocycles. The fraction of sp³-hybridized carbons (Fsp3) is 0.333. The molecule has 0 bridgehead atoms. The minimum absolute atomic E-state index is 0.0747. The van der Waals surface area contributed by atoms with Crippen LogP contribution in [0.25, 0.3) is 10.4 Å². The molecule has 0 aliphatic heterocycles. The van der Waals surface area contributed by atoms with Crippen LogP contribution >= 0.6 is 0 Å². The maximum Gasteiger partial charge on any atom is 0.175 e. The molecule has 7 heteroatoms. The van der Waals surface area contributed by atoms with Crippen LogP contribution in [0.1, 0.15) is 11.7 Å². The normalized spacial score (nSPS) is 12.9. The lowest BCUT2D eigenvalue weighted by Gasteiger charge is -2.07. The summed E-state index contributed by atoms with van der Waals surface area (Å²) < 4.78 is 22.3. The summed E-state index contributed by atoms with van der Waals surface area (Å²) in [5.41, 5.74) is 8.59. The van der Waals surface area contributed by atoms with E-state index < -0.39 is 15.9 Å². The average molecular weight is 241 g/mol. The highest BCUT2D eigenvalue weighted by Crippen LogP contribution is 2.16. The van der Waals surface area contributed by atoms with Crippen LogP contribution in [0.15, 0.2) is 34.3 Å². The lowest BCUT2D eigenvalue weighted by Crippen LogP contribution is -2.02. The van der Waals surface area contributed by atoms with Crippen molar-refractivity contribution in [3.63, 3.8) is 0 Å². The van der Waals surface area contributed by atoms with E-state index in [0.29, 0.717) is 5.56 Å². The molecule has 0 radical (unpaired) electrons. The smallest absolute Gasteiger partial charge is 0.175 e. The lowest BCUT2D eigenvalue weighted by atomic mass is 10.1. The van der Waals surface area contributed by atoms with E-state index in [-0.39, 0.29) is 11.4 Å². The third-order valence-electron chi connectivity index (χ3n) is 2.01. The summed E-state index contributed by atoms with van der Waals surface area (Å²) in [7, 11) is -3.23. The van der Waals surface area contributed by atoms with Gasteiger partial charge in [0.15, 0.2) is 9.84 Å². The Morgan fingerprint density at radius 2 is 2.00 bits per heavy atom. The van der Waals surface area contributed by atoms with Crippen LogP contribution in [0, 0.1) is 0 Å². The molecular weight excluding hydrogens is 230 g/mol. The first kappa shape index (κ1) is 12.5. The van der Waals surface area contributed by atoms with Crippen molar-refractivity contribution in [3.05, 3.63) is 40.3 Å². The molecule has 1 atom stereocenters. The number of sulfone groups is 1. The minimum atomic E-state index is -3.23. The van der Waals surface area contributed by atoms with Crippen molar-refractivity contribution < 1.29 is 13.5 Å². The van der Waals surface area contributed by atoms with Crippen molar-refractivity contribution in [2.75, 3.05) is 12.8 Å². The van der Waals surface area contributed by atoms with Gasteiger partial charge in [0.25, 0.3) is 0 Å². The average Bonchev–Trinajstić information content (AvgIpc) is 2.25. The van der Waals surface area contributed by atoms with Gasteiger partial charge in [-0.15, -0.1) is 0 Å². The van der Waals surface area contributed by atoms with Crippen molar-refractivity contribution in [3.8, 4) is 0 Å². The summed E-state index contributed by atoms with van der Waals surface area (Å²) in [5, 5.41) is 12.8. The van der Waals surface area contributed by atoms with Crippen molar-refractivity contribution >= 4 is 9.84 Å². The van der Waals surface area contributed by atoms with E-state index in [0.717, 1.165) is 6.26 Å². The van der Waals surface area contributed by atoms with Gasteiger partial charge >= 0.3 is 0 Å². The molecule has 0 heterocycles. The number of hydrogen-bond donors (Lipinski definition) is 1. The summed E-state index contributed by atoms with van der Waals surface area (Å²) in [6.07, 6.45) is 0.197. The van der Waals surface area contributed by atoms with Gasteiger partial charge in [-0.3, -0.25) is 0 Å². The Bertz CT molecular complexity index is 503. The molecule has 1 aromatic rings. The molecule has 0 amide bonds. The SMILES string of the molecule is CS(=O)(=O)c1ccc([C@@H](O)CN=[N+]=[N-])cc1. The topological polar surface area (TPSA) is 103 Å². The second kappa shape index (κ2) is 4.98. The van der Waals surface area contributed by atoms with Crippen LogP contribution < -0.4 is 0 Å². The Hall–Kier alpha value is -1.56. The molecule has 0 saturated carbocycles. The van der Waals surface area contributed by atoms with Gasteiger partial charge in [0.05, 0.1) is 17.5 Å². The number of benzene rings is 1. The third-order valence-corrected chi connectivity index (χ3v) is 3.14. The number of azide groups is 1. The Kier molecular flexibility index (Phi) is 3.89. The molecule has 1 aromatic carbocycles. The van der Waals surface area contributed by atoms with Gasteiger partial charge < -0.3 is 5.11 Å². The van der Waals surface area contributed by atoms with E-state index in [1.165, 1.54) is 24.3 Å². The molecule has 0 aliphatic rings. The summed E-state index contributed by atoms with van der Waals surface area (Å²) in [4.78, 5) is 2.71. The van der Waals surface area contributed by atoms with E-state index >= 15 is 0 Å². The predicted molar refractivity (Wildman–Crippen MR) is 58.5 cm³/mol. The number of aliphatic hydroxyl groups is 1. The summed E-state index contributed by atoms with van der Waals surface area (Å²) in [5.74, 6) is 0. The number of hydrogen-bond acceptors (Lipinski definition) is 4. The first-order chi connectivity index (χ1) is 7.45. The standard InChI is InChI=1S/C9H11N3O3S/c1-16(14,15)8-4-2-7(3-5-8)9(13)6-11-12-10/h2-5,9,13H,6H2,1H3/t9-/m0/s1. The van der Waals surface area contributed by atoms with Crippen LogP contribution in [0.3, 0.4) is 0 Å². The van der Waals surface area contributed by atoms with Gasteiger partial charge in [-0.05, 0) is 23.2 Å². The zero-order chi connectivity index (χ0) is 12.2. The van der Waals surface area contributed by atoms with E-state index in [1.54, 1.807) is 0 Å². The van der Waals surface area contributed by atoms with Gasteiger partial charge in [-0.1, -0.05) is 17.2 Å². The second-order valence-electron chi connectivity index (χ2n) is 3.27.